The lowest BCUT2D eigenvalue weighted by Gasteiger charge is -2.08. The van der Waals surface area contributed by atoms with E-state index in [9.17, 15) is 13.6 Å². The number of halogens is 3. The number of benzene rings is 1. The first-order valence-electron chi connectivity index (χ1n) is 4.15. The molecule has 0 bridgehead atoms. The first kappa shape index (κ1) is 12.6. The molecule has 1 aromatic carbocycles. The number of nitrogen functional groups attached to an aromatic ring is 1. The summed E-state index contributed by atoms with van der Waals surface area (Å²) < 4.78 is 30.0. The number of esters is 1. The van der Waals surface area contributed by atoms with Gasteiger partial charge < -0.3 is 10.5 Å². The molecule has 0 heterocycles. The SMILES string of the molecule is COC(=O)c1cc(/C=C/F)c(Br)c(F)c1N. The van der Waals surface area contributed by atoms with Crippen molar-refractivity contribution in [3.8, 4) is 0 Å². The summed E-state index contributed by atoms with van der Waals surface area (Å²) in [6, 6.07) is 1.24. The van der Waals surface area contributed by atoms with Gasteiger partial charge in [0.15, 0.2) is 5.82 Å². The van der Waals surface area contributed by atoms with Gasteiger partial charge in [-0.2, -0.15) is 0 Å². The fraction of sp³-hybridized carbons (Fsp3) is 0.100. The highest BCUT2D eigenvalue weighted by Gasteiger charge is 2.18. The monoisotopic (exact) mass is 291 g/mol. The Bertz CT molecular complexity index is 461. The molecule has 0 fully saturated rings. The molecule has 3 nitrogen and oxygen atoms in total. The van der Waals surface area contributed by atoms with Crippen LogP contribution in [0.4, 0.5) is 14.5 Å². The zero-order chi connectivity index (χ0) is 12.3. The number of carbonyl (C=O) groups is 1. The second-order valence-electron chi connectivity index (χ2n) is 2.84. The Morgan fingerprint density at radius 1 is 1.62 bits per heavy atom. The van der Waals surface area contributed by atoms with E-state index in [0.29, 0.717) is 0 Å². The van der Waals surface area contributed by atoms with Gasteiger partial charge >= 0.3 is 5.97 Å². The zero-order valence-corrected chi connectivity index (χ0v) is 9.85. The highest BCUT2D eigenvalue weighted by molar-refractivity contribution is 9.10. The van der Waals surface area contributed by atoms with Crippen LogP contribution in [0.5, 0.6) is 0 Å². The van der Waals surface area contributed by atoms with Crippen LogP contribution in [0.1, 0.15) is 15.9 Å². The lowest BCUT2D eigenvalue weighted by molar-refractivity contribution is 0.0601. The molecule has 1 rings (SSSR count). The maximum Gasteiger partial charge on any atom is 0.340 e. The van der Waals surface area contributed by atoms with E-state index in [1.165, 1.54) is 6.07 Å². The average molecular weight is 292 g/mol. The number of carbonyl (C=O) groups excluding carboxylic acids is 1. The van der Waals surface area contributed by atoms with Crippen molar-refractivity contribution in [2.24, 2.45) is 0 Å². The van der Waals surface area contributed by atoms with E-state index in [2.05, 4.69) is 20.7 Å². The molecule has 0 saturated heterocycles. The maximum absolute atomic E-state index is 13.5. The van der Waals surface area contributed by atoms with Crippen LogP contribution < -0.4 is 5.73 Å². The van der Waals surface area contributed by atoms with E-state index in [4.69, 9.17) is 5.73 Å². The molecule has 2 N–H and O–H groups in total. The number of anilines is 1. The minimum absolute atomic E-state index is 0.00782. The minimum Gasteiger partial charge on any atom is -0.465 e. The quantitative estimate of drug-likeness (QED) is 0.673. The largest absolute Gasteiger partial charge is 0.465 e. The smallest absolute Gasteiger partial charge is 0.340 e. The van der Waals surface area contributed by atoms with E-state index in [-0.39, 0.29) is 27.6 Å². The van der Waals surface area contributed by atoms with Gasteiger partial charge in [0.05, 0.1) is 29.2 Å². The number of nitrogens with two attached hydrogens (primary N) is 1. The summed E-state index contributed by atoms with van der Waals surface area (Å²) in [7, 11) is 1.15. The van der Waals surface area contributed by atoms with Crippen LogP contribution in [-0.4, -0.2) is 13.1 Å². The van der Waals surface area contributed by atoms with E-state index >= 15 is 0 Å². The molecular weight excluding hydrogens is 284 g/mol. The van der Waals surface area contributed by atoms with Crippen molar-refractivity contribution in [3.05, 3.63) is 33.8 Å². The van der Waals surface area contributed by atoms with Crippen LogP contribution in [0.25, 0.3) is 6.08 Å². The van der Waals surface area contributed by atoms with Crippen LogP contribution in [0, 0.1) is 5.82 Å². The number of hydrogen-bond acceptors (Lipinski definition) is 3. The van der Waals surface area contributed by atoms with Gasteiger partial charge in [-0.15, -0.1) is 0 Å². The molecule has 1 aromatic rings. The van der Waals surface area contributed by atoms with Gasteiger partial charge in [0.2, 0.25) is 0 Å². The summed E-state index contributed by atoms with van der Waals surface area (Å²) in [5.74, 6) is -1.60. The van der Waals surface area contributed by atoms with Gasteiger partial charge in [-0.3, -0.25) is 0 Å². The summed E-state index contributed by atoms with van der Waals surface area (Å²) in [6.07, 6.45) is 1.23. The average Bonchev–Trinajstić information content (AvgIpc) is 2.29. The van der Waals surface area contributed by atoms with Crippen molar-refractivity contribution >= 4 is 33.7 Å². The summed E-state index contributed by atoms with van der Waals surface area (Å²) >= 11 is 2.91. The first-order chi connectivity index (χ1) is 7.52. The van der Waals surface area contributed by atoms with Crippen molar-refractivity contribution in [2.45, 2.75) is 0 Å². The first-order valence-corrected chi connectivity index (χ1v) is 4.94. The van der Waals surface area contributed by atoms with Crippen LogP contribution >= 0.6 is 15.9 Å². The fourth-order valence-electron chi connectivity index (χ4n) is 1.13. The third-order valence-corrected chi connectivity index (χ3v) is 2.73. The minimum atomic E-state index is -0.823. The Balaban J connectivity index is 3.46. The van der Waals surface area contributed by atoms with E-state index < -0.39 is 11.8 Å². The van der Waals surface area contributed by atoms with Crippen molar-refractivity contribution < 1.29 is 18.3 Å². The molecule has 86 valence electrons. The van der Waals surface area contributed by atoms with Crippen molar-refractivity contribution in [2.75, 3.05) is 12.8 Å². The van der Waals surface area contributed by atoms with E-state index in [1.54, 1.807) is 0 Å². The molecule has 6 heteroatoms. The molecule has 0 atom stereocenters. The molecule has 0 unspecified atom stereocenters. The Kier molecular flexibility index (Phi) is 4.00. The predicted octanol–water partition coefficient (Wildman–Crippen LogP) is 2.90. The van der Waals surface area contributed by atoms with Gasteiger partial charge in [-0.05, 0) is 33.6 Å². The molecule has 0 aliphatic heterocycles. The molecule has 0 aliphatic carbocycles. The van der Waals surface area contributed by atoms with Gasteiger partial charge in [0.25, 0.3) is 0 Å². The topological polar surface area (TPSA) is 52.3 Å². The van der Waals surface area contributed by atoms with Crippen LogP contribution in [-0.2, 0) is 4.74 Å². The predicted molar refractivity (Wildman–Crippen MR) is 60.0 cm³/mol. The second kappa shape index (κ2) is 5.07. The van der Waals surface area contributed by atoms with Crippen LogP contribution in [0.3, 0.4) is 0 Å². The third-order valence-electron chi connectivity index (χ3n) is 1.92. The molecule has 16 heavy (non-hydrogen) atoms. The molecular formula is C10H8BrF2NO2. The maximum atomic E-state index is 13.5. The Morgan fingerprint density at radius 2 is 2.25 bits per heavy atom. The van der Waals surface area contributed by atoms with E-state index in [1.807, 2.05) is 0 Å². The zero-order valence-electron chi connectivity index (χ0n) is 8.26. The van der Waals surface area contributed by atoms with Crippen LogP contribution in [0.2, 0.25) is 0 Å². The Hall–Kier alpha value is -1.43. The second-order valence-corrected chi connectivity index (χ2v) is 3.63. The van der Waals surface area contributed by atoms with Crippen LogP contribution in [0.15, 0.2) is 16.9 Å². The molecule has 0 saturated carbocycles. The Morgan fingerprint density at radius 3 is 2.75 bits per heavy atom. The number of rotatable bonds is 2. The molecule has 0 aromatic heterocycles. The number of hydrogen-bond donors (Lipinski definition) is 1. The Labute approximate surface area is 99.0 Å². The summed E-state index contributed by atoms with van der Waals surface area (Å²) in [5.41, 5.74) is 5.08. The number of ether oxygens (including phenoxy) is 1. The highest BCUT2D eigenvalue weighted by Crippen LogP contribution is 2.30. The van der Waals surface area contributed by atoms with E-state index in [0.717, 1.165) is 13.2 Å². The van der Waals surface area contributed by atoms with Crippen molar-refractivity contribution in [3.63, 3.8) is 0 Å². The summed E-state index contributed by atoms with van der Waals surface area (Å²) in [5, 5.41) is 0. The molecule has 0 aliphatic rings. The fourth-order valence-corrected chi connectivity index (χ4v) is 1.59. The van der Waals surface area contributed by atoms with Crippen molar-refractivity contribution in [1.29, 1.82) is 0 Å². The molecule has 0 radical (unpaired) electrons. The van der Waals surface area contributed by atoms with Gasteiger partial charge in [0.1, 0.15) is 0 Å². The molecule has 0 spiro atoms. The van der Waals surface area contributed by atoms with Gasteiger partial charge in [-0.25, -0.2) is 13.6 Å². The van der Waals surface area contributed by atoms with Crippen molar-refractivity contribution in [1.82, 2.24) is 0 Å². The standard InChI is InChI=1S/C10H8BrF2NO2/c1-16-10(15)6-4-5(2-3-12)7(11)8(13)9(6)14/h2-4H,14H2,1H3/b3-2+. The van der Waals surface area contributed by atoms with Gasteiger partial charge in [0, 0.05) is 0 Å². The lowest BCUT2D eigenvalue weighted by atomic mass is 10.1. The normalized spacial score (nSPS) is 10.8. The van der Waals surface area contributed by atoms with Gasteiger partial charge in [-0.1, -0.05) is 0 Å². The summed E-state index contributed by atoms with van der Waals surface area (Å²) in [6.45, 7) is 0. The number of methoxy groups -OCH3 is 1. The molecule has 0 amide bonds. The lowest BCUT2D eigenvalue weighted by Crippen LogP contribution is -2.08. The third kappa shape index (κ3) is 2.21. The summed E-state index contributed by atoms with van der Waals surface area (Å²) in [4.78, 5) is 11.3. The highest BCUT2D eigenvalue weighted by atomic mass is 79.9.